The number of aromatic nitrogens is 2. The van der Waals surface area contributed by atoms with E-state index in [-0.39, 0.29) is 0 Å². The third-order valence-electron chi connectivity index (χ3n) is 4.50. The number of nitrogens with one attached hydrogen (secondary N) is 2. The van der Waals surface area contributed by atoms with Crippen LogP contribution in [0.15, 0.2) is 48.7 Å². The Morgan fingerprint density at radius 1 is 1.10 bits per heavy atom. The molecule has 3 aromatic rings. The van der Waals surface area contributed by atoms with E-state index < -0.39 is 0 Å². The van der Waals surface area contributed by atoms with Gasteiger partial charge in [0, 0.05) is 17.1 Å². The maximum atomic E-state index is 4.06. The first kappa shape index (κ1) is 12.5. The lowest BCUT2D eigenvalue weighted by Crippen LogP contribution is -2.33. The van der Waals surface area contributed by atoms with E-state index in [1.807, 2.05) is 6.20 Å². The zero-order chi connectivity index (χ0) is 14.2. The molecule has 2 N–H and O–H groups in total. The van der Waals surface area contributed by atoms with Crippen molar-refractivity contribution < 1.29 is 0 Å². The van der Waals surface area contributed by atoms with Crippen LogP contribution in [-0.2, 0) is 0 Å². The van der Waals surface area contributed by atoms with Crippen molar-refractivity contribution >= 4 is 16.6 Å². The molecular weight excluding hydrogens is 258 g/mol. The average Bonchev–Trinajstić information content (AvgIpc) is 2.91. The monoisotopic (exact) mass is 277 g/mol. The van der Waals surface area contributed by atoms with E-state index in [0.717, 1.165) is 10.9 Å². The SMILES string of the molecule is Cc1ccc(C2CC(Nc3ccc4[nH]ncc4c3)C2)cc1. The van der Waals surface area contributed by atoms with Gasteiger partial charge in [-0.3, -0.25) is 5.10 Å². The van der Waals surface area contributed by atoms with Crippen molar-refractivity contribution in [2.45, 2.75) is 31.7 Å². The summed E-state index contributed by atoms with van der Waals surface area (Å²) < 4.78 is 0. The first-order valence-corrected chi connectivity index (χ1v) is 7.54. The van der Waals surface area contributed by atoms with E-state index in [1.54, 1.807) is 0 Å². The fraction of sp³-hybridized carbons (Fsp3) is 0.278. The maximum absolute atomic E-state index is 4.06. The number of H-pyrrole nitrogens is 1. The Morgan fingerprint density at radius 2 is 1.90 bits per heavy atom. The molecule has 0 aliphatic heterocycles. The van der Waals surface area contributed by atoms with E-state index in [2.05, 4.69) is 64.9 Å². The summed E-state index contributed by atoms with van der Waals surface area (Å²) in [4.78, 5) is 0. The number of nitrogens with zero attached hydrogens (tertiary/aromatic N) is 1. The number of rotatable bonds is 3. The number of anilines is 1. The molecular formula is C18H19N3. The van der Waals surface area contributed by atoms with Crippen LogP contribution in [0.4, 0.5) is 5.69 Å². The normalized spacial score (nSPS) is 21.2. The third kappa shape index (κ3) is 2.40. The highest BCUT2D eigenvalue weighted by Crippen LogP contribution is 2.38. The Hall–Kier alpha value is -2.29. The minimum absolute atomic E-state index is 0.584. The van der Waals surface area contributed by atoms with Gasteiger partial charge < -0.3 is 5.32 Å². The lowest BCUT2D eigenvalue weighted by atomic mass is 9.75. The second kappa shape index (κ2) is 4.92. The average molecular weight is 277 g/mol. The topological polar surface area (TPSA) is 40.7 Å². The molecule has 4 rings (SSSR count). The van der Waals surface area contributed by atoms with Crippen LogP contribution >= 0.6 is 0 Å². The summed E-state index contributed by atoms with van der Waals surface area (Å²) in [6, 6.07) is 15.9. The van der Waals surface area contributed by atoms with E-state index in [4.69, 9.17) is 0 Å². The predicted octanol–water partition coefficient (Wildman–Crippen LogP) is 4.23. The number of aromatic amines is 1. The first-order valence-electron chi connectivity index (χ1n) is 7.54. The minimum Gasteiger partial charge on any atom is -0.382 e. The summed E-state index contributed by atoms with van der Waals surface area (Å²) in [5, 5.41) is 11.8. The van der Waals surface area contributed by atoms with Crippen LogP contribution in [0, 0.1) is 6.92 Å². The fourth-order valence-corrected chi connectivity index (χ4v) is 3.11. The van der Waals surface area contributed by atoms with Crippen LogP contribution < -0.4 is 5.32 Å². The van der Waals surface area contributed by atoms with Gasteiger partial charge >= 0.3 is 0 Å². The van der Waals surface area contributed by atoms with Gasteiger partial charge in [-0.25, -0.2) is 0 Å². The van der Waals surface area contributed by atoms with Gasteiger partial charge in [0.15, 0.2) is 0 Å². The smallest absolute Gasteiger partial charge is 0.0651 e. The summed E-state index contributed by atoms with van der Waals surface area (Å²) in [5.74, 6) is 0.709. The second-order valence-corrected chi connectivity index (χ2v) is 6.09. The maximum Gasteiger partial charge on any atom is 0.0651 e. The Kier molecular flexibility index (Phi) is 2.92. The molecule has 3 heteroatoms. The van der Waals surface area contributed by atoms with Gasteiger partial charge in [-0.05, 0) is 49.4 Å². The summed E-state index contributed by atoms with van der Waals surface area (Å²) in [7, 11) is 0. The van der Waals surface area contributed by atoms with E-state index in [0.29, 0.717) is 12.0 Å². The van der Waals surface area contributed by atoms with Crippen LogP contribution in [0.3, 0.4) is 0 Å². The summed E-state index contributed by atoms with van der Waals surface area (Å²) >= 11 is 0. The molecule has 0 bridgehead atoms. The van der Waals surface area contributed by atoms with Gasteiger partial charge in [-0.15, -0.1) is 0 Å². The molecule has 1 aromatic heterocycles. The molecule has 1 saturated carbocycles. The number of aryl methyl sites for hydroxylation is 1. The number of hydrogen-bond donors (Lipinski definition) is 2. The molecule has 1 fully saturated rings. The van der Waals surface area contributed by atoms with Crippen LogP contribution in [0.1, 0.15) is 29.9 Å². The van der Waals surface area contributed by atoms with Crippen molar-refractivity contribution in [2.75, 3.05) is 5.32 Å². The van der Waals surface area contributed by atoms with Gasteiger partial charge in [-0.2, -0.15) is 5.10 Å². The molecule has 1 aliphatic carbocycles. The molecule has 106 valence electrons. The third-order valence-corrected chi connectivity index (χ3v) is 4.50. The zero-order valence-corrected chi connectivity index (χ0v) is 12.1. The highest BCUT2D eigenvalue weighted by atomic mass is 15.1. The minimum atomic E-state index is 0.584. The lowest BCUT2D eigenvalue weighted by molar-refractivity contribution is 0.374. The highest BCUT2D eigenvalue weighted by Gasteiger charge is 2.30. The van der Waals surface area contributed by atoms with Gasteiger partial charge in [0.1, 0.15) is 0 Å². The van der Waals surface area contributed by atoms with Gasteiger partial charge in [0.25, 0.3) is 0 Å². The summed E-state index contributed by atoms with van der Waals surface area (Å²) in [5.41, 5.74) is 5.09. The van der Waals surface area contributed by atoms with Crippen LogP contribution in [0.5, 0.6) is 0 Å². The standard InChI is InChI=1S/C18H19N3/c1-12-2-4-13(5-3-12)14-8-17(9-14)20-16-6-7-18-15(10-16)11-19-21-18/h2-7,10-11,14,17,20H,8-9H2,1H3,(H,19,21). The molecule has 0 unspecified atom stereocenters. The quantitative estimate of drug-likeness (QED) is 0.752. The predicted molar refractivity (Wildman–Crippen MR) is 86.7 cm³/mol. The van der Waals surface area contributed by atoms with Crippen LogP contribution in [-0.4, -0.2) is 16.2 Å². The fourth-order valence-electron chi connectivity index (χ4n) is 3.11. The Bertz CT molecular complexity index is 751. The second-order valence-electron chi connectivity index (χ2n) is 6.09. The van der Waals surface area contributed by atoms with Crippen molar-refractivity contribution in [3.63, 3.8) is 0 Å². The van der Waals surface area contributed by atoms with Crippen molar-refractivity contribution in [3.05, 3.63) is 59.8 Å². The lowest BCUT2D eigenvalue weighted by Gasteiger charge is -2.37. The van der Waals surface area contributed by atoms with Gasteiger partial charge in [0.05, 0.1) is 11.7 Å². The van der Waals surface area contributed by atoms with Crippen LogP contribution in [0.25, 0.3) is 10.9 Å². The molecule has 2 aromatic carbocycles. The molecule has 0 amide bonds. The largest absolute Gasteiger partial charge is 0.382 e. The molecule has 0 radical (unpaired) electrons. The molecule has 0 spiro atoms. The van der Waals surface area contributed by atoms with Crippen molar-refractivity contribution in [2.24, 2.45) is 0 Å². The number of fused-ring (bicyclic) bond motifs is 1. The molecule has 3 nitrogen and oxygen atoms in total. The van der Waals surface area contributed by atoms with Crippen molar-refractivity contribution in [1.82, 2.24) is 10.2 Å². The molecule has 0 saturated heterocycles. The van der Waals surface area contributed by atoms with Gasteiger partial charge in [-0.1, -0.05) is 29.8 Å². The van der Waals surface area contributed by atoms with Crippen LogP contribution in [0.2, 0.25) is 0 Å². The summed E-state index contributed by atoms with van der Waals surface area (Å²) in [6.45, 7) is 2.14. The molecule has 1 heterocycles. The Labute approximate surface area is 124 Å². The molecule has 0 atom stereocenters. The van der Waals surface area contributed by atoms with Crippen molar-refractivity contribution in [1.29, 1.82) is 0 Å². The van der Waals surface area contributed by atoms with E-state index >= 15 is 0 Å². The van der Waals surface area contributed by atoms with E-state index in [9.17, 15) is 0 Å². The Morgan fingerprint density at radius 3 is 2.71 bits per heavy atom. The van der Waals surface area contributed by atoms with Crippen molar-refractivity contribution in [3.8, 4) is 0 Å². The summed E-state index contributed by atoms with van der Waals surface area (Å²) in [6.07, 6.45) is 4.30. The van der Waals surface area contributed by atoms with Gasteiger partial charge in [0.2, 0.25) is 0 Å². The first-order chi connectivity index (χ1) is 10.3. The number of benzene rings is 2. The highest BCUT2D eigenvalue weighted by molar-refractivity contribution is 5.81. The zero-order valence-electron chi connectivity index (χ0n) is 12.1. The number of hydrogen-bond acceptors (Lipinski definition) is 2. The molecule has 1 aliphatic rings. The van der Waals surface area contributed by atoms with E-state index in [1.165, 1.54) is 29.7 Å². The Balaban J connectivity index is 1.40. The molecule has 21 heavy (non-hydrogen) atoms.